The Morgan fingerprint density at radius 1 is 1.23 bits per heavy atom. The first-order valence-electron chi connectivity index (χ1n) is 8.56. The molecule has 0 saturated heterocycles. The molecule has 26 heavy (non-hydrogen) atoms. The Morgan fingerprint density at radius 2 is 1.92 bits per heavy atom. The van der Waals surface area contributed by atoms with Crippen molar-refractivity contribution in [2.24, 2.45) is 0 Å². The molecule has 0 fully saturated rings. The Bertz CT molecular complexity index is 921. The quantitative estimate of drug-likeness (QED) is 0.759. The van der Waals surface area contributed by atoms with Crippen molar-refractivity contribution in [3.63, 3.8) is 0 Å². The van der Waals surface area contributed by atoms with Gasteiger partial charge in [0.1, 0.15) is 11.4 Å². The Hall–Kier alpha value is -2.63. The zero-order valence-corrected chi connectivity index (χ0v) is 15.6. The minimum atomic E-state index is -0.595. The van der Waals surface area contributed by atoms with Crippen molar-refractivity contribution < 1.29 is 18.7 Å². The molecule has 138 valence electrons. The summed E-state index contributed by atoms with van der Waals surface area (Å²) in [6, 6.07) is 2.85. The predicted octanol–water partition coefficient (Wildman–Crippen LogP) is 4.13. The number of allylic oxidation sites excluding steroid dienone is 1. The minimum Gasteiger partial charge on any atom is -0.444 e. The van der Waals surface area contributed by atoms with E-state index < -0.39 is 17.5 Å². The van der Waals surface area contributed by atoms with Gasteiger partial charge in [-0.25, -0.2) is 9.18 Å². The molecule has 1 amide bonds. The van der Waals surface area contributed by atoms with Gasteiger partial charge in [0.25, 0.3) is 0 Å². The van der Waals surface area contributed by atoms with E-state index in [1.165, 1.54) is 19.1 Å². The third-order valence-electron chi connectivity index (χ3n) is 4.39. The second-order valence-electron chi connectivity index (χ2n) is 7.63. The van der Waals surface area contributed by atoms with Gasteiger partial charge >= 0.3 is 6.09 Å². The number of hydrogen-bond donors (Lipinski definition) is 0. The average Bonchev–Trinajstić information content (AvgIpc) is 2.75. The van der Waals surface area contributed by atoms with Crippen LogP contribution in [0.4, 0.5) is 9.18 Å². The first kappa shape index (κ1) is 18.2. The first-order valence-corrected chi connectivity index (χ1v) is 8.56. The van der Waals surface area contributed by atoms with Gasteiger partial charge in [0.05, 0.1) is 12.1 Å². The number of ether oxygens (including phenoxy) is 1. The number of rotatable bonds is 2. The van der Waals surface area contributed by atoms with Crippen LogP contribution in [0.25, 0.3) is 16.5 Å². The lowest BCUT2D eigenvalue weighted by Crippen LogP contribution is -2.37. The number of carbonyl (C=O) groups is 2. The molecule has 0 unspecified atom stereocenters. The van der Waals surface area contributed by atoms with E-state index in [1.807, 2.05) is 31.5 Å². The number of hydrogen-bond acceptors (Lipinski definition) is 3. The predicted molar refractivity (Wildman–Crippen MR) is 98.3 cm³/mol. The molecule has 0 atom stereocenters. The zero-order valence-electron chi connectivity index (χ0n) is 15.6. The molecule has 0 saturated carbocycles. The van der Waals surface area contributed by atoms with Crippen LogP contribution in [-0.2, 0) is 22.6 Å². The van der Waals surface area contributed by atoms with Gasteiger partial charge in [-0.3, -0.25) is 4.79 Å². The molecular formula is C20H23FN2O3. The fourth-order valence-electron chi connectivity index (χ4n) is 3.21. The summed E-state index contributed by atoms with van der Waals surface area (Å²) in [7, 11) is 0. The third-order valence-corrected chi connectivity index (χ3v) is 4.39. The van der Waals surface area contributed by atoms with Crippen LogP contribution >= 0.6 is 0 Å². The maximum Gasteiger partial charge on any atom is 0.410 e. The topological polar surface area (TPSA) is 51.5 Å². The summed E-state index contributed by atoms with van der Waals surface area (Å²) in [5.41, 5.74) is 1.91. The summed E-state index contributed by atoms with van der Waals surface area (Å²) in [6.45, 7) is 11.9. The van der Waals surface area contributed by atoms with Crippen LogP contribution in [0.3, 0.4) is 0 Å². The van der Waals surface area contributed by atoms with Gasteiger partial charge in [0, 0.05) is 35.8 Å². The van der Waals surface area contributed by atoms with Crippen molar-refractivity contribution in [2.45, 2.75) is 46.4 Å². The Labute approximate surface area is 152 Å². The maximum absolute atomic E-state index is 14.2. The monoisotopic (exact) mass is 358 g/mol. The molecule has 2 heterocycles. The largest absolute Gasteiger partial charge is 0.444 e. The van der Waals surface area contributed by atoms with E-state index in [1.54, 1.807) is 4.90 Å². The number of amides is 1. The van der Waals surface area contributed by atoms with E-state index in [0.717, 1.165) is 5.52 Å². The van der Waals surface area contributed by atoms with Crippen LogP contribution in [0.5, 0.6) is 0 Å². The molecule has 0 spiro atoms. The summed E-state index contributed by atoms with van der Waals surface area (Å²) in [5.74, 6) is -0.559. The molecular weight excluding hydrogens is 335 g/mol. The van der Waals surface area contributed by atoms with Crippen molar-refractivity contribution in [2.75, 3.05) is 6.54 Å². The smallest absolute Gasteiger partial charge is 0.410 e. The molecule has 0 radical (unpaired) electrons. The molecule has 0 aliphatic carbocycles. The van der Waals surface area contributed by atoms with E-state index in [-0.39, 0.29) is 12.3 Å². The molecule has 0 bridgehead atoms. The minimum absolute atomic E-state index is 0.151. The Balaban J connectivity index is 2.05. The molecule has 0 N–H and O–H groups in total. The van der Waals surface area contributed by atoms with Gasteiger partial charge in [-0.15, -0.1) is 0 Å². The standard InChI is InChI=1S/C20H23FN2O3/c1-12(13(2)24)17-11-22-6-7-23(19(25)26-20(3,4)5)10-14-8-15(21)9-16(17)18(14)22/h8-9,11H,1,6-7,10H2,2-5H3. The number of benzene rings is 1. The molecule has 1 aromatic carbocycles. The summed E-state index contributed by atoms with van der Waals surface area (Å²) >= 11 is 0. The van der Waals surface area contributed by atoms with Gasteiger partial charge in [0.15, 0.2) is 5.78 Å². The van der Waals surface area contributed by atoms with E-state index >= 15 is 0 Å². The molecule has 1 aliphatic heterocycles. The van der Waals surface area contributed by atoms with Gasteiger partial charge in [-0.1, -0.05) is 6.58 Å². The van der Waals surface area contributed by atoms with Crippen LogP contribution < -0.4 is 0 Å². The summed E-state index contributed by atoms with van der Waals surface area (Å²) in [5, 5.41) is 0.645. The van der Waals surface area contributed by atoms with Crippen molar-refractivity contribution in [3.05, 3.63) is 41.9 Å². The normalized spacial score (nSPS) is 14.3. The number of carbonyl (C=O) groups excluding carboxylic acids is 2. The fraction of sp³-hybridized carbons (Fsp3) is 0.400. The van der Waals surface area contributed by atoms with Crippen LogP contribution in [-0.4, -0.2) is 33.5 Å². The SMILES string of the molecule is C=C(C(C)=O)c1cn2c3c(cc(F)cc13)CN(C(=O)OC(C)(C)C)CC2. The number of halogens is 1. The van der Waals surface area contributed by atoms with Crippen LogP contribution in [0, 0.1) is 5.82 Å². The second-order valence-corrected chi connectivity index (χ2v) is 7.63. The highest BCUT2D eigenvalue weighted by Gasteiger charge is 2.27. The second kappa shape index (κ2) is 6.27. The van der Waals surface area contributed by atoms with Crippen molar-refractivity contribution in [1.29, 1.82) is 0 Å². The van der Waals surface area contributed by atoms with Crippen molar-refractivity contribution in [3.8, 4) is 0 Å². The van der Waals surface area contributed by atoms with E-state index in [9.17, 15) is 14.0 Å². The highest BCUT2D eigenvalue weighted by molar-refractivity contribution is 6.22. The number of Topliss-reactive ketones (excluding diaryl/α,β-unsaturated/α-hetero) is 1. The van der Waals surface area contributed by atoms with Gasteiger partial charge < -0.3 is 14.2 Å². The molecule has 2 aromatic rings. The number of ketones is 1. The van der Waals surface area contributed by atoms with Crippen LogP contribution in [0.15, 0.2) is 24.9 Å². The Kier molecular flexibility index (Phi) is 4.38. The Morgan fingerprint density at radius 3 is 2.54 bits per heavy atom. The van der Waals surface area contributed by atoms with E-state index in [4.69, 9.17) is 4.74 Å². The van der Waals surface area contributed by atoms with Crippen LogP contribution in [0.1, 0.15) is 38.8 Å². The lowest BCUT2D eigenvalue weighted by atomic mass is 10.0. The summed E-state index contributed by atoms with van der Waals surface area (Å²) in [6.07, 6.45) is 1.39. The van der Waals surface area contributed by atoms with Crippen molar-refractivity contribution >= 4 is 28.4 Å². The van der Waals surface area contributed by atoms with Gasteiger partial charge in [-0.05, 0) is 45.4 Å². The lowest BCUT2D eigenvalue weighted by Gasteiger charge is -2.26. The molecule has 1 aromatic heterocycles. The van der Waals surface area contributed by atoms with E-state index in [2.05, 4.69) is 6.58 Å². The molecule has 5 nitrogen and oxygen atoms in total. The molecule has 1 aliphatic rings. The molecule has 6 heteroatoms. The highest BCUT2D eigenvalue weighted by Crippen LogP contribution is 2.33. The summed E-state index contributed by atoms with van der Waals surface area (Å²) in [4.78, 5) is 25.8. The zero-order chi connectivity index (χ0) is 19.2. The fourth-order valence-corrected chi connectivity index (χ4v) is 3.21. The first-order chi connectivity index (χ1) is 12.1. The maximum atomic E-state index is 14.2. The van der Waals surface area contributed by atoms with Crippen LogP contribution in [0.2, 0.25) is 0 Å². The van der Waals surface area contributed by atoms with Crippen molar-refractivity contribution in [1.82, 2.24) is 9.47 Å². The number of nitrogens with zero attached hydrogens (tertiary/aromatic N) is 2. The average molecular weight is 358 g/mol. The number of aromatic nitrogens is 1. The lowest BCUT2D eigenvalue weighted by molar-refractivity contribution is -0.111. The molecule has 3 rings (SSSR count). The third kappa shape index (κ3) is 3.36. The van der Waals surface area contributed by atoms with E-state index in [0.29, 0.717) is 35.2 Å². The summed E-state index contributed by atoms with van der Waals surface area (Å²) < 4.78 is 21.6. The van der Waals surface area contributed by atoms with Gasteiger partial charge in [0.2, 0.25) is 0 Å². The van der Waals surface area contributed by atoms with Gasteiger partial charge in [-0.2, -0.15) is 0 Å². The highest BCUT2D eigenvalue weighted by atomic mass is 19.1.